The predicted molar refractivity (Wildman–Crippen MR) is 72.3 cm³/mol. The number of unbranched alkanes of at least 4 members (excludes halogenated alkanes) is 2. The Hall–Kier alpha value is -1.62. The van der Waals surface area contributed by atoms with Crippen LogP contribution in [0.15, 0.2) is 24.3 Å². The molecule has 19 heavy (non-hydrogen) atoms. The zero-order chi connectivity index (χ0) is 14.1. The molecule has 0 spiro atoms. The number of hydrogen-bond donors (Lipinski definition) is 3. The zero-order valence-corrected chi connectivity index (χ0v) is 11.2. The molecule has 0 aliphatic rings. The molecule has 3 N–H and O–H groups in total. The van der Waals surface area contributed by atoms with Gasteiger partial charge in [0.2, 0.25) is 0 Å². The number of benzene rings is 1. The normalized spacial score (nSPS) is 11.9. The van der Waals surface area contributed by atoms with Gasteiger partial charge in [-0.15, -0.1) is 0 Å². The summed E-state index contributed by atoms with van der Waals surface area (Å²) in [5.41, 5.74) is 0.450. The summed E-state index contributed by atoms with van der Waals surface area (Å²) in [4.78, 5) is 11.4. The Morgan fingerprint density at radius 3 is 2.84 bits per heavy atom. The van der Waals surface area contributed by atoms with Gasteiger partial charge in [-0.05, 0) is 24.1 Å². The van der Waals surface area contributed by atoms with Crippen LogP contribution in [0.25, 0.3) is 0 Å². The first-order chi connectivity index (χ1) is 9.13. The average molecular weight is 268 g/mol. The van der Waals surface area contributed by atoms with Gasteiger partial charge in [-0.3, -0.25) is 0 Å². The molecule has 1 rings (SSSR count). The van der Waals surface area contributed by atoms with Crippen LogP contribution < -0.4 is 10.6 Å². The highest BCUT2D eigenvalue weighted by atomic mass is 19.1. The molecule has 1 atom stereocenters. The standard InChI is InChI=1S/C14H21FN2O2/c1-2-3-4-8-16-14(19)17-10-13(18)11-6-5-7-12(15)9-11/h5-7,9,13,18H,2-4,8,10H2,1H3,(H2,16,17,19)/t13-/m0/s1. The van der Waals surface area contributed by atoms with Gasteiger partial charge in [0.05, 0.1) is 6.10 Å². The number of halogens is 1. The molecule has 0 aromatic heterocycles. The fourth-order valence-corrected chi connectivity index (χ4v) is 1.66. The Bertz CT molecular complexity index is 399. The fraction of sp³-hybridized carbons (Fsp3) is 0.500. The van der Waals surface area contributed by atoms with E-state index in [1.54, 1.807) is 6.07 Å². The smallest absolute Gasteiger partial charge is 0.314 e. The van der Waals surface area contributed by atoms with Crippen LogP contribution in [-0.2, 0) is 0 Å². The van der Waals surface area contributed by atoms with Gasteiger partial charge in [0.1, 0.15) is 5.82 Å². The van der Waals surface area contributed by atoms with E-state index in [-0.39, 0.29) is 12.6 Å². The minimum Gasteiger partial charge on any atom is -0.387 e. The van der Waals surface area contributed by atoms with E-state index in [1.165, 1.54) is 18.2 Å². The number of hydrogen-bond acceptors (Lipinski definition) is 2. The maximum Gasteiger partial charge on any atom is 0.314 e. The Morgan fingerprint density at radius 2 is 2.16 bits per heavy atom. The minimum absolute atomic E-state index is 0.0586. The van der Waals surface area contributed by atoms with E-state index in [4.69, 9.17) is 0 Å². The third-order valence-electron chi connectivity index (χ3n) is 2.76. The highest BCUT2D eigenvalue weighted by Crippen LogP contribution is 2.12. The summed E-state index contributed by atoms with van der Waals surface area (Å²) in [5.74, 6) is -0.402. The molecule has 0 radical (unpaired) electrons. The van der Waals surface area contributed by atoms with Crippen molar-refractivity contribution < 1.29 is 14.3 Å². The summed E-state index contributed by atoms with van der Waals surface area (Å²) in [6, 6.07) is 5.40. The van der Waals surface area contributed by atoms with Gasteiger partial charge < -0.3 is 15.7 Å². The monoisotopic (exact) mass is 268 g/mol. The highest BCUT2D eigenvalue weighted by Gasteiger charge is 2.09. The molecule has 0 saturated heterocycles. The molecule has 5 heteroatoms. The molecule has 4 nitrogen and oxygen atoms in total. The van der Waals surface area contributed by atoms with E-state index in [0.29, 0.717) is 12.1 Å². The average Bonchev–Trinajstić information content (AvgIpc) is 2.41. The van der Waals surface area contributed by atoms with Gasteiger partial charge in [0.25, 0.3) is 0 Å². The van der Waals surface area contributed by atoms with Crippen LogP contribution in [0.3, 0.4) is 0 Å². The molecule has 0 aliphatic heterocycles. The molecule has 1 aromatic rings. The second-order valence-corrected chi connectivity index (χ2v) is 4.41. The van der Waals surface area contributed by atoms with Crippen molar-refractivity contribution in [3.8, 4) is 0 Å². The molecule has 0 heterocycles. The van der Waals surface area contributed by atoms with Gasteiger partial charge in [-0.2, -0.15) is 0 Å². The number of nitrogens with one attached hydrogen (secondary N) is 2. The molecule has 0 fully saturated rings. The number of aliphatic hydroxyl groups is 1. The highest BCUT2D eigenvalue weighted by molar-refractivity contribution is 5.73. The number of carbonyl (C=O) groups is 1. The molecular formula is C14H21FN2O2. The van der Waals surface area contributed by atoms with Crippen molar-refractivity contribution in [2.45, 2.75) is 32.3 Å². The maximum absolute atomic E-state index is 13.0. The van der Waals surface area contributed by atoms with Crippen molar-refractivity contribution in [2.75, 3.05) is 13.1 Å². The van der Waals surface area contributed by atoms with Crippen LogP contribution in [0, 0.1) is 5.82 Å². The van der Waals surface area contributed by atoms with E-state index in [1.807, 2.05) is 0 Å². The Kier molecular flexibility index (Phi) is 6.89. The van der Waals surface area contributed by atoms with Crippen molar-refractivity contribution in [2.24, 2.45) is 0 Å². The Labute approximate surface area is 113 Å². The van der Waals surface area contributed by atoms with Crippen LogP contribution in [-0.4, -0.2) is 24.2 Å². The van der Waals surface area contributed by atoms with E-state index < -0.39 is 11.9 Å². The lowest BCUT2D eigenvalue weighted by molar-refractivity contribution is 0.172. The first-order valence-corrected chi connectivity index (χ1v) is 6.58. The van der Waals surface area contributed by atoms with Crippen molar-refractivity contribution >= 4 is 6.03 Å². The molecule has 0 bridgehead atoms. The second kappa shape index (κ2) is 8.48. The molecule has 1 aromatic carbocycles. The number of amides is 2. The first kappa shape index (κ1) is 15.4. The van der Waals surface area contributed by atoms with Gasteiger partial charge in [-0.25, -0.2) is 9.18 Å². The quantitative estimate of drug-likeness (QED) is 0.665. The molecule has 2 amide bonds. The first-order valence-electron chi connectivity index (χ1n) is 6.58. The van der Waals surface area contributed by atoms with Crippen LogP contribution in [0.5, 0.6) is 0 Å². The molecule has 0 unspecified atom stereocenters. The van der Waals surface area contributed by atoms with Crippen LogP contribution in [0.1, 0.15) is 37.9 Å². The summed E-state index contributed by atoms with van der Waals surface area (Å²) in [7, 11) is 0. The van der Waals surface area contributed by atoms with Gasteiger partial charge >= 0.3 is 6.03 Å². The summed E-state index contributed by atoms with van der Waals surface area (Å²) >= 11 is 0. The second-order valence-electron chi connectivity index (χ2n) is 4.41. The van der Waals surface area contributed by atoms with Crippen LogP contribution in [0.4, 0.5) is 9.18 Å². The molecule has 106 valence electrons. The van der Waals surface area contributed by atoms with Crippen molar-refractivity contribution in [1.82, 2.24) is 10.6 Å². The summed E-state index contributed by atoms with van der Waals surface area (Å²) in [5, 5.41) is 15.0. The number of aliphatic hydroxyl groups excluding tert-OH is 1. The van der Waals surface area contributed by atoms with Crippen molar-refractivity contribution in [1.29, 1.82) is 0 Å². The van der Waals surface area contributed by atoms with E-state index >= 15 is 0 Å². The molecule has 0 saturated carbocycles. The number of rotatable bonds is 7. The molecule has 0 aliphatic carbocycles. The summed E-state index contributed by atoms with van der Waals surface area (Å²) in [6.45, 7) is 2.77. The summed E-state index contributed by atoms with van der Waals surface area (Å²) < 4.78 is 13.0. The maximum atomic E-state index is 13.0. The number of urea groups is 1. The van der Waals surface area contributed by atoms with E-state index in [9.17, 15) is 14.3 Å². The number of carbonyl (C=O) groups excluding carboxylic acids is 1. The fourth-order valence-electron chi connectivity index (χ4n) is 1.66. The minimum atomic E-state index is -0.905. The lowest BCUT2D eigenvalue weighted by Gasteiger charge is -2.13. The third kappa shape index (κ3) is 6.20. The van der Waals surface area contributed by atoms with Gasteiger partial charge in [0.15, 0.2) is 0 Å². The SMILES string of the molecule is CCCCCNC(=O)NC[C@H](O)c1cccc(F)c1. The Balaban J connectivity index is 2.26. The zero-order valence-electron chi connectivity index (χ0n) is 11.2. The molecular weight excluding hydrogens is 247 g/mol. The summed E-state index contributed by atoms with van der Waals surface area (Å²) in [6.07, 6.45) is 2.21. The van der Waals surface area contributed by atoms with Crippen LogP contribution >= 0.6 is 0 Å². The van der Waals surface area contributed by atoms with Crippen molar-refractivity contribution in [3.05, 3.63) is 35.6 Å². The van der Waals surface area contributed by atoms with Crippen molar-refractivity contribution in [3.63, 3.8) is 0 Å². The topological polar surface area (TPSA) is 61.4 Å². The van der Waals surface area contributed by atoms with Gasteiger partial charge in [-0.1, -0.05) is 31.9 Å². The largest absolute Gasteiger partial charge is 0.387 e. The van der Waals surface area contributed by atoms with Gasteiger partial charge in [0, 0.05) is 13.1 Å². The lowest BCUT2D eigenvalue weighted by Crippen LogP contribution is -2.38. The van der Waals surface area contributed by atoms with E-state index in [0.717, 1.165) is 19.3 Å². The third-order valence-corrected chi connectivity index (χ3v) is 2.76. The van der Waals surface area contributed by atoms with Crippen LogP contribution in [0.2, 0.25) is 0 Å². The predicted octanol–water partition coefficient (Wildman–Crippen LogP) is 2.35. The lowest BCUT2D eigenvalue weighted by atomic mass is 10.1. The van der Waals surface area contributed by atoms with E-state index in [2.05, 4.69) is 17.6 Å². The Morgan fingerprint density at radius 1 is 1.37 bits per heavy atom.